The van der Waals surface area contributed by atoms with Crippen molar-refractivity contribution in [3.8, 4) is 23.0 Å². The van der Waals surface area contributed by atoms with E-state index in [1.165, 1.54) is 0 Å². The van der Waals surface area contributed by atoms with Crippen molar-refractivity contribution in [1.82, 2.24) is 4.90 Å². The van der Waals surface area contributed by atoms with Gasteiger partial charge < -0.3 is 28.7 Å². The Morgan fingerprint density at radius 2 is 1.68 bits per heavy atom. The molecular weight excluding hydrogens is 400 g/mol. The Morgan fingerprint density at radius 1 is 0.968 bits per heavy atom. The summed E-state index contributed by atoms with van der Waals surface area (Å²) in [5.74, 6) is 1.78. The Morgan fingerprint density at radius 3 is 2.32 bits per heavy atom. The molecule has 2 aromatic carbocycles. The van der Waals surface area contributed by atoms with Gasteiger partial charge in [-0.05, 0) is 29.8 Å². The van der Waals surface area contributed by atoms with Crippen molar-refractivity contribution in [2.75, 3.05) is 46.9 Å². The highest BCUT2D eigenvalue weighted by Gasteiger charge is 2.37. The maximum Gasteiger partial charge on any atom is 0.228 e. The van der Waals surface area contributed by atoms with E-state index in [0.717, 1.165) is 5.56 Å². The molecule has 0 spiro atoms. The molecule has 0 saturated carbocycles. The van der Waals surface area contributed by atoms with Crippen LogP contribution in [0.5, 0.6) is 23.0 Å². The molecule has 1 heterocycles. The first-order chi connectivity index (χ1) is 14.9. The van der Waals surface area contributed by atoms with Crippen LogP contribution >= 0.6 is 0 Å². The fraction of sp³-hybridized carbons (Fsp3) is 0.391. The number of carbonyl (C=O) groups excluding carboxylic acids is 2. The van der Waals surface area contributed by atoms with E-state index in [2.05, 4.69) is 0 Å². The van der Waals surface area contributed by atoms with Crippen LogP contribution in [-0.2, 0) is 16.1 Å². The van der Waals surface area contributed by atoms with Crippen LogP contribution in [0.4, 0.5) is 5.69 Å². The number of amides is 2. The third-order valence-corrected chi connectivity index (χ3v) is 5.40. The molecule has 31 heavy (non-hydrogen) atoms. The normalized spacial score (nSPS) is 15.6. The minimum absolute atomic E-state index is 0.0851. The molecule has 1 fully saturated rings. The predicted octanol–water partition coefficient (Wildman–Crippen LogP) is 2.73. The van der Waals surface area contributed by atoms with Crippen LogP contribution in [0.15, 0.2) is 36.4 Å². The highest BCUT2D eigenvalue weighted by Crippen LogP contribution is 2.36. The molecule has 1 aliphatic rings. The first-order valence-electron chi connectivity index (χ1n) is 9.90. The van der Waals surface area contributed by atoms with E-state index in [0.29, 0.717) is 41.8 Å². The van der Waals surface area contributed by atoms with Crippen molar-refractivity contribution in [2.24, 2.45) is 5.92 Å². The van der Waals surface area contributed by atoms with Gasteiger partial charge in [0.1, 0.15) is 11.5 Å². The first kappa shape index (κ1) is 22.3. The summed E-state index contributed by atoms with van der Waals surface area (Å²) in [7, 11) is 7.99. The second kappa shape index (κ2) is 9.59. The second-order valence-corrected chi connectivity index (χ2v) is 7.33. The number of nitrogens with zero attached hydrogens (tertiary/aromatic N) is 2. The molecule has 8 heteroatoms. The van der Waals surface area contributed by atoms with Crippen molar-refractivity contribution in [2.45, 2.75) is 13.0 Å². The van der Waals surface area contributed by atoms with Crippen LogP contribution in [0.1, 0.15) is 12.0 Å². The Kier molecular flexibility index (Phi) is 6.89. The van der Waals surface area contributed by atoms with Crippen LogP contribution in [0.3, 0.4) is 0 Å². The zero-order chi connectivity index (χ0) is 22.5. The van der Waals surface area contributed by atoms with Gasteiger partial charge in [0, 0.05) is 32.6 Å². The number of carbonyl (C=O) groups is 2. The molecule has 0 aromatic heterocycles. The Hall–Kier alpha value is -3.42. The summed E-state index contributed by atoms with van der Waals surface area (Å²) in [5.41, 5.74) is 1.54. The molecule has 2 amide bonds. The van der Waals surface area contributed by atoms with Gasteiger partial charge >= 0.3 is 0 Å². The zero-order valence-electron chi connectivity index (χ0n) is 18.5. The number of hydrogen-bond donors (Lipinski definition) is 0. The molecule has 8 nitrogen and oxygen atoms in total. The molecule has 0 radical (unpaired) electrons. The summed E-state index contributed by atoms with van der Waals surface area (Å²) in [6.45, 7) is 0.701. The van der Waals surface area contributed by atoms with Gasteiger partial charge in [-0.15, -0.1) is 0 Å². The van der Waals surface area contributed by atoms with Crippen LogP contribution < -0.4 is 23.8 Å². The highest BCUT2D eigenvalue weighted by atomic mass is 16.5. The molecule has 0 unspecified atom stereocenters. The van der Waals surface area contributed by atoms with E-state index in [-0.39, 0.29) is 18.2 Å². The smallest absolute Gasteiger partial charge is 0.228 e. The minimum Gasteiger partial charge on any atom is -0.497 e. The first-order valence-corrected chi connectivity index (χ1v) is 9.90. The third-order valence-electron chi connectivity index (χ3n) is 5.40. The maximum atomic E-state index is 13.0. The molecule has 1 aliphatic heterocycles. The molecule has 0 bridgehead atoms. The van der Waals surface area contributed by atoms with Crippen LogP contribution in [0, 0.1) is 5.92 Å². The fourth-order valence-electron chi connectivity index (χ4n) is 3.76. The number of ether oxygens (including phenoxy) is 4. The molecule has 3 rings (SSSR count). The van der Waals surface area contributed by atoms with Gasteiger partial charge in [-0.1, -0.05) is 6.07 Å². The van der Waals surface area contributed by atoms with Gasteiger partial charge in [-0.25, -0.2) is 0 Å². The average molecular weight is 428 g/mol. The molecule has 2 aromatic rings. The van der Waals surface area contributed by atoms with Gasteiger partial charge in [-0.3, -0.25) is 9.59 Å². The summed E-state index contributed by atoms with van der Waals surface area (Å²) >= 11 is 0. The van der Waals surface area contributed by atoms with Crippen LogP contribution in [-0.4, -0.2) is 58.7 Å². The summed E-state index contributed by atoms with van der Waals surface area (Å²) < 4.78 is 21.2. The van der Waals surface area contributed by atoms with Crippen LogP contribution in [0.25, 0.3) is 0 Å². The molecule has 166 valence electrons. The van der Waals surface area contributed by atoms with Crippen molar-refractivity contribution in [3.05, 3.63) is 42.0 Å². The van der Waals surface area contributed by atoms with Gasteiger partial charge in [0.2, 0.25) is 11.8 Å². The zero-order valence-corrected chi connectivity index (χ0v) is 18.5. The molecular formula is C23H28N2O6. The van der Waals surface area contributed by atoms with E-state index >= 15 is 0 Å². The molecule has 0 N–H and O–H groups in total. The Balaban J connectivity index is 1.71. The van der Waals surface area contributed by atoms with Gasteiger partial charge in [0.05, 0.1) is 40.0 Å². The monoisotopic (exact) mass is 428 g/mol. The summed E-state index contributed by atoms with van der Waals surface area (Å²) in [6.07, 6.45) is 0.157. The lowest BCUT2D eigenvalue weighted by Crippen LogP contribution is -2.34. The summed E-state index contributed by atoms with van der Waals surface area (Å²) in [5, 5.41) is 0. The van der Waals surface area contributed by atoms with E-state index < -0.39 is 5.92 Å². The van der Waals surface area contributed by atoms with Crippen molar-refractivity contribution < 1.29 is 28.5 Å². The number of anilines is 1. The standard InChI is InChI=1S/C23H28N2O6/c1-24(13-15-6-9-19(29-3)21(10-15)31-5)23(27)16-11-22(26)25(14-16)18-8-7-17(28-2)12-20(18)30-4/h6-10,12,16H,11,13-14H2,1-5H3/t16-/m1/s1. The Labute approximate surface area is 182 Å². The molecule has 0 aliphatic carbocycles. The van der Waals surface area contributed by atoms with E-state index in [9.17, 15) is 9.59 Å². The lowest BCUT2D eigenvalue weighted by atomic mass is 10.1. The van der Waals surface area contributed by atoms with Gasteiger partial charge in [0.25, 0.3) is 0 Å². The number of rotatable bonds is 8. The molecule has 1 atom stereocenters. The highest BCUT2D eigenvalue weighted by molar-refractivity contribution is 6.01. The number of methoxy groups -OCH3 is 4. The lowest BCUT2D eigenvalue weighted by molar-refractivity contribution is -0.135. The predicted molar refractivity (Wildman–Crippen MR) is 116 cm³/mol. The third kappa shape index (κ3) is 4.68. The number of benzene rings is 2. The summed E-state index contributed by atoms with van der Waals surface area (Å²) in [6, 6.07) is 10.8. The second-order valence-electron chi connectivity index (χ2n) is 7.33. The Bertz CT molecular complexity index is 961. The largest absolute Gasteiger partial charge is 0.497 e. The van der Waals surface area contributed by atoms with Gasteiger partial charge in [-0.2, -0.15) is 0 Å². The molecule has 1 saturated heterocycles. The van der Waals surface area contributed by atoms with Crippen molar-refractivity contribution >= 4 is 17.5 Å². The van der Waals surface area contributed by atoms with Crippen molar-refractivity contribution in [3.63, 3.8) is 0 Å². The summed E-state index contributed by atoms with van der Waals surface area (Å²) in [4.78, 5) is 29.0. The minimum atomic E-state index is -0.426. The topological polar surface area (TPSA) is 77.5 Å². The van der Waals surface area contributed by atoms with E-state index in [1.807, 2.05) is 18.2 Å². The SMILES string of the molecule is COc1ccc(N2C[C@H](C(=O)N(C)Cc3ccc(OC)c(OC)c3)CC2=O)c(OC)c1. The fourth-order valence-corrected chi connectivity index (χ4v) is 3.76. The van der Waals surface area contributed by atoms with Gasteiger partial charge in [0.15, 0.2) is 11.5 Å². The maximum absolute atomic E-state index is 13.0. The van der Waals surface area contributed by atoms with E-state index in [4.69, 9.17) is 18.9 Å². The number of hydrogen-bond acceptors (Lipinski definition) is 6. The van der Waals surface area contributed by atoms with Crippen LogP contribution in [0.2, 0.25) is 0 Å². The quantitative estimate of drug-likeness (QED) is 0.644. The van der Waals surface area contributed by atoms with E-state index in [1.54, 1.807) is 63.5 Å². The lowest BCUT2D eigenvalue weighted by Gasteiger charge is -2.23. The van der Waals surface area contributed by atoms with Crippen molar-refractivity contribution in [1.29, 1.82) is 0 Å². The average Bonchev–Trinajstić information content (AvgIpc) is 3.18.